The van der Waals surface area contributed by atoms with E-state index in [1.54, 1.807) is 0 Å². The molecule has 0 atom stereocenters. The summed E-state index contributed by atoms with van der Waals surface area (Å²) in [7, 11) is 2.05. The van der Waals surface area contributed by atoms with Crippen molar-refractivity contribution in [2.24, 2.45) is 7.05 Å². The number of hydrogen-bond donors (Lipinski definition) is 0. The Balaban J connectivity index is 2.21. The third kappa shape index (κ3) is 2.52. The van der Waals surface area contributed by atoms with E-state index >= 15 is 0 Å². The van der Waals surface area contributed by atoms with Crippen LogP contribution in [0.5, 0.6) is 0 Å². The fraction of sp³-hybridized carbons (Fsp3) is 0.250. The molecule has 0 saturated heterocycles. The standard InChI is InChI=1S/C24H23N2O/c1-14(2)21-16(4)17(13-25)12-19-18-10-9-15(3)22(23(18)27-24(19)21)20-8-6-7-11-26(20)5/h6-12,14H,1-5H3/q+1. The van der Waals surface area contributed by atoms with Gasteiger partial charge in [0.05, 0.1) is 17.2 Å². The van der Waals surface area contributed by atoms with Crippen LogP contribution in [0.1, 0.15) is 42.0 Å². The molecule has 0 fully saturated rings. The number of nitrogens with zero attached hydrogens (tertiary/aromatic N) is 2. The second-order valence-corrected chi connectivity index (χ2v) is 7.54. The topological polar surface area (TPSA) is 40.8 Å². The summed E-state index contributed by atoms with van der Waals surface area (Å²) in [4.78, 5) is 0. The van der Waals surface area contributed by atoms with Crippen molar-refractivity contribution in [1.82, 2.24) is 0 Å². The molecule has 27 heavy (non-hydrogen) atoms. The summed E-state index contributed by atoms with van der Waals surface area (Å²) in [5.74, 6) is 0.277. The van der Waals surface area contributed by atoms with Gasteiger partial charge in [0, 0.05) is 28.5 Å². The Kier molecular flexibility index (Phi) is 4.00. The van der Waals surface area contributed by atoms with Crippen molar-refractivity contribution in [3.63, 3.8) is 0 Å². The first kappa shape index (κ1) is 17.3. The lowest BCUT2D eigenvalue weighted by Gasteiger charge is -2.11. The van der Waals surface area contributed by atoms with Gasteiger partial charge in [-0.15, -0.1) is 0 Å². The van der Waals surface area contributed by atoms with Gasteiger partial charge in [0.2, 0.25) is 5.69 Å². The highest BCUT2D eigenvalue weighted by atomic mass is 16.3. The van der Waals surface area contributed by atoms with Crippen LogP contribution in [0.25, 0.3) is 33.2 Å². The van der Waals surface area contributed by atoms with E-state index < -0.39 is 0 Å². The number of hydrogen-bond acceptors (Lipinski definition) is 2. The lowest BCUT2D eigenvalue weighted by molar-refractivity contribution is -0.660. The van der Waals surface area contributed by atoms with E-state index in [4.69, 9.17) is 4.42 Å². The van der Waals surface area contributed by atoms with Crippen LogP contribution < -0.4 is 4.57 Å². The first-order valence-corrected chi connectivity index (χ1v) is 9.28. The molecule has 0 amide bonds. The molecule has 0 aliphatic carbocycles. The molecule has 3 heteroatoms. The van der Waals surface area contributed by atoms with Crippen molar-refractivity contribution in [2.45, 2.75) is 33.6 Å². The van der Waals surface area contributed by atoms with Crippen molar-refractivity contribution in [3.05, 3.63) is 64.8 Å². The van der Waals surface area contributed by atoms with Crippen LogP contribution in [0.15, 0.2) is 47.0 Å². The predicted octanol–water partition coefficient (Wildman–Crippen LogP) is 5.69. The van der Waals surface area contributed by atoms with Gasteiger partial charge >= 0.3 is 0 Å². The minimum atomic E-state index is 0.277. The van der Waals surface area contributed by atoms with Crippen molar-refractivity contribution < 1.29 is 8.98 Å². The molecule has 0 aliphatic heterocycles. The van der Waals surface area contributed by atoms with Gasteiger partial charge in [0.1, 0.15) is 18.2 Å². The number of rotatable bonds is 2. The summed E-state index contributed by atoms with van der Waals surface area (Å²) in [5.41, 5.74) is 8.06. The zero-order valence-corrected chi connectivity index (χ0v) is 16.4. The molecule has 0 N–H and O–H groups in total. The zero-order valence-electron chi connectivity index (χ0n) is 16.4. The van der Waals surface area contributed by atoms with Gasteiger partial charge in [-0.1, -0.05) is 26.0 Å². The molecule has 0 spiro atoms. The summed E-state index contributed by atoms with van der Waals surface area (Å²) in [6.07, 6.45) is 2.05. The van der Waals surface area contributed by atoms with Crippen LogP contribution in [0, 0.1) is 25.2 Å². The van der Waals surface area contributed by atoms with Crippen LogP contribution in [0.2, 0.25) is 0 Å². The van der Waals surface area contributed by atoms with Crippen molar-refractivity contribution in [2.75, 3.05) is 0 Å². The van der Waals surface area contributed by atoms with Crippen molar-refractivity contribution >= 4 is 21.9 Å². The van der Waals surface area contributed by atoms with Crippen LogP contribution in [0.4, 0.5) is 0 Å². The van der Waals surface area contributed by atoms with E-state index in [0.29, 0.717) is 0 Å². The van der Waals surface area contributed by atoms with Gasteiger partial charge in [-0.3, -0.25) is 0 Å². The molecule has 134 valence electrons. The Labute approximate surface area is 159 Å². The molecule has 3 nitrogen and oxygen atoms in total. The van der Waals surface area contributed by atoms with Gasteiger partial charge in [0.25, 0.3) is 0 Å². The Hall–Kier alpha value is -3.12. The molecule has 2 aromatic carbocycles. The summed E-state index contributed by atoms with van der Waals surface area (Å²) in [6, 6.07) is 14.8. The van der Waals surface area contributed by atoms with Crippen LogP contribution in [-0.2, 0) is 7.05 Å². The highest BCUT2D eigenvalue weighted by Gasteiger charge is 2.23. The molecule has 2 heterocycles. The van der Waals surface area contributed by atoms with E-state index in [2.05, 4.69) is 49.6 Å². The van der Waals surface area contributed by atoms with E-state index in [-0.39, 0.29) is 5.92 Å². The van der Waals surface area contributed by atoms with Crippen LogP contribution in [0.3, 0.4) is 0 Å². The van der Waals surface area contributed by atoms with Gasteiger partial charge in [-0.2, -0.15) is 5.26 Å². The maximum atomic E-state index is 9.62. The SMILES string of the molecule is Cc1ccc2c(oc3c(C(C)C)c(C)c(C#N)cc32)c1-c1cccc[n+]1C. The van der Waals surface area contributed by atoms with E-state index in [0.717, 1.165) is 49.9 Å². The Morgan fingerprint density at radius 3 is 2.48 bits per heavy atom. The van der Waals surface area contributed by atoms with Crippen LogP contribution in [-0.4, -0.2) is 0 Å². The molecule has 0 saturated carbocycles. The normalized spacial score (nSPS) is 11.4. The highest BCUT2D eigenvalue weighted by Crippen LogP contribution is 2.41. The summed E-state index contributed by atoms with van der Waals surface area (Å²) in [5, 5.41) is 11.7. The lowest BCUT2D eigenvalue weighted by Crippen LogP contribution is -2.30. The Morgan fingerprint density at radius 2 is 1.81 bits per heavy atom. The van der Waals surface area contributed by atoms with E-state index in [1.165, 1.54) is 5.56 Å². The van der Waals surface area contributed by atoms with Gasteiger partial charge in [-0.05, 0) is 43.0 Å². The molecular formula is C24H23N2O+. The number of pyridine rings is 1. The van der Waals surface area contributed by atoms with Gasteiger partial charge < -0.3 is 4.42 Å². The number of fused-ring (bicyclic) bond motifs is 3. The molecule has 0 unspecified atom stereocenters. The lowest BCUT2D eigenvalue weighted by atomic mass is 9.91. The number of aromatic nitrogens is 1. The maximum Gasteiger partial charge on any atom is 0.216 e. The van der Waals surface area contributed by atoms with Gasteiger partial charge in [0.15, 0.2) is 6.20 Å². The molecule has 2 aromatic heterocycles. The number of aryl methyl sites for hydroxylation is 2. The summed E-state index contributed by atoms with van der Waals surface area (Å²) < 4.78 is 8.64. The van der Waals surface area contributed by atoms with E-state index in [9.17, 15) is 5.26 Å². The van der Waals surface area contributed by atoms with Crippen molar-refractivity contribution in [1.29, 1.82) is 5.26 Å². The number of nitriles is 1. The third-order valence-electron chi connectivity index (χ3n) is 5.46. The predicted molar refractivity (Wildman–Crippen MR) is 109 cm³/mol. The first-order valence-electron chi connectivity index (χ1n) is 9.28. The maximum absolute atomic E-state index is 9.62. The number of benzene rings is 2. The fourth-order valence-corrected chi connectivity index (χ4v) is 4.10. The molecule has 4 aromatic rings. The van der Waals surface area contributed by atoms with E-state index in [1.807, 2.05) is 38.4 Å². The van der Waals surface area contributed by atoms with Crippen molar-refractivity contribution in [3.8, 4) is 17.3 Å². The second-order valence-electron chi connectivity index (χ2n) is 7.54. The third-order valence-corrected chi connectivity index (χ3v) is 5.46. The molecule has 0 bridgehead atoms. The highest BCUT2D eigenvalue weighted by molar-refractivity contribution is 6.11. The Morgan fingerprint density at radius 1 is 1.04 bits per heavy atom. The second kappa shape index (κ2) is 6.25. The summed E-state index contributed by atoms with van der Waals surface area (Å²) >= 11 is 0. The summed E-state index contributed by atoms with van der Waals surface area (Å²) in [6.45, 7) is 8.44. The quantitative estimate of drug-likeness (QED) is 0.433. The molecular weight excluding hydrogens is 332 g/mol. The molecule has 0 aliphatic rings. The smallest absolute Gasteiger partial charge is 0.216 e. The average Bonchev–Trinajstić information content (AvgIpc) is 2.99. The van der Waals surface area contributed by atoms with Gasteiger partial charge in [-0.25, -0.2) is 4.57 Å². The minimum absolute atomic E-state index is 0.277. The molecule has 0 radical (unpaired) electrons. The minimum Gasteiger partial charge on any atom is -0.455 e. The fourth-order valence-electron chi connectivity index (χ4n) is 4.10. The van der Waals surface area contributed by atoms with Crippen LogP contribution >= 0.6 is 0 Å². The largest absolute Gasteiger partial charge is 0.455 e. The first-order chi connectivity index (χ1) is 12.9. The molecule has 4 rings (SSSR count). The monoisotopic (exact) mass is 355 g/mol. The Bertz CT molecular complexity index is 1240. The number of furan rings is 1. The average molecular weight is 355 g/mol. The zero-order chi connectivity index (χ0) is 19.3.